The van der Waals surface area contributed by atoms with Gasteiger partial charge >= 0.3 is 0 Å². The third-order valence-electron chi connectivity index (χ3n) is 4.88. The van der Waals surface area contributed by atoms with E-state index >= 15 is 0 Å². The molecule has 0 spiro atoms. The molecule has 5 nitrogen and oxygen atoms in total. The van der Waals surface area contributed by atoms with Crippen LogP contribution in [0.2, 0.25) is 0 Å². The summed E-state index contributed by atoms with van der Waals surface area (Å²) in [7, 11) is 0. The van der Waals surface area contributed by atoms with Crippen LogP contribution in [-0.4, -0.2) is 56.9 Å². The molecule has 0 unspecified atom stereocenters. The van der Waals surface area contributed by atoms with Gasteiger partial charge in [-0.3, -0.25) is 0 Å². The molecule has 27 heavy (non-hydrogen) atoms. The zero-order valence-corrected chi connectivity index (χ0v) is 17.4. The Morgan fingerprint density at radius 1 is 1.19 bits per heavy atom. The van der Waals surface area contributed by atoms with Crippen molar-refractivity contribution in [3.63, 3.8) is 0 Å². The lowest BCUT2D eigenvalue weighted by molar-refractivity contribution is 0.123. The molecule has 1 saturated heterocycles. The summed E-state index contributed by atoms with van der Waals surface area (Å²) in [5, 5.41) is 6.73. The molecule has 150 valence electrons. The Morgan fingerprint density at radius 2 is 1.96 bits per heavy atom. The van der Waals surface area contributed by atoms with Crippen molar-refractivity contribution in [1.82, 2.24) is 10.6 Å². The van der Waals surface area contributed by atoms with Crippen molar-refractivity contribution in [1.29, 1.82) is 0 Å². The first kappa shape index (κ1) is 20.3. The maximum atomic E-state index is 5.68. The number of hydrogen-bond donors (Lipinski definition) is 2. The molecule has 2 fully saturated rings. The molecule has 0 amide bonds. The minimum Gasteiger partial charge on any atom is -0.381 e. The highest BCUT2D eigenvalue weighted by Gasteiger charge is 2.20. The summed E-state index contributed by atoms with van der Waals surface area (Å²) < 4.78 is 5.68. The van der Waals surface area contributed by atoms with Gasteiger partial charge in [0.05, 0.1) is 6.54 Å². The number of ether oxygens (including phenoxy) is 1. The number of rotatable bonds is 10. The average molecular weight is 391 g/mol. The minimum absolute atomic E-state index is 0.698. The van der Waals surface area contributed by atoms with Crippen LogP contribution in [0.5, 0.6) is 0 Å². The van der Waals surface area contributed by atoms with Crippen molar-refractivity contribution in [2.24, 2.45) is 10.9 Å². The third-order valence-corrected chi connectivity index (χ3v) is 5.83. The van der Waals surface area contributed by atoms with Crippen LogP contribution in [0.1, 0.15) is 31.7 Å². The van der Waals surface area contributed by atoms with E-state index < -0.39 is 0 Å². The van der Waals surface area contributed by atoms with Gasteiger partial charge in [-0.25, -0.2) is 4.99 Å². The molecule has 1 aliphatic heterocycles. The van der Waals surface area contributed by atoms with E-state index in [-0.39, 0.29) is 0 Å². The maximum Gasteiger partial charge on any atom is 0.191 e. The topological polar surface area (TPSA) is 48.9 Å². The normalized spacial score (nSPS) is 17.8. The molecular weight excluding hydrogens is 356 g/mol. The van der Waals surface area contributed by atoms with E-state index in [1.54, 1.807) is 0 Å². The van der Waals surface area contributed by atoms with E-state index in [0.29, 0.717) is 6.54 Å². The molecule has 1 aromatic rings. The predicted molar refractivity (Wildman–Crippen MR) is 117 cm³/mol. The Labute approximate surface area is 168 Å². The Kier molecular flexibility index (Phi) is 8.62. The van der Waals surface area contributed by atoms with Gasteiger partial charge in [-0.1, -0.05) is 12.1 Å². The van der Waals surface area contributed by atoms with Crippen molar-refractivity contribution >= 4 is 23.4 Å². The van der Waals surface area contributed by atoms with Crippen molar-refractivity contribution in [3.05, 3.63) is 29.8 Å². The lowest BCUT2D eigenvalue weighted by atomic mass is 10.2. The van der Waals surface area contributed by atoms with Crippen LogP contribution in [0.3, 0.4) is 0 Å². The fourth-order valence-electron chi connectivity index (χ4n) is 3.06. The first-order chi connectivity index (χ1) is 13.3. The largest absolute Gasteiger partial charge is 0.381 e. The van der Waals surface area contributed by atoms with E-state index in [1.807, 2.05) is 11.8 Å². The number of thioether (sulfide) groups is 1. The molecule has 3 rings (SSSR count). The molecule has 1 saturated carbocycles. The summed E-state index contributed by atoms with van der Waals surface area (Å²) >= 11 is 2.05. The quantitative estimate of drug-likeness (QED) is 0.365. The average Bonchev–Trinajstić information content (AvgIpc) is 3.54. The summed E-state index contributed by atoms with van der Waals surface area (Å²) in [6, 6.07) is 8.88. The second-order valence-electron chi connectivity index (χ2n) is 7.26. The van der Waals surface area contributed by atoms with Gasteiger partial charge in [-0.05, 0) is 49.8 Å². The number of anilines is 1. The SMILES string of the molecule is CCNC(=NCc1ccc(N2CCSCC2)cc1)NCCCOCC1CC1. The Morgan fingerprint density at radius 3 is 2.67 bits per heavy atom. The van der Waals surface area contributed by atoms with Crippen LogP contribution < -0.4 is 15.5 Å². The smallest absolute Gasteiger partial charge is 0.191 e. The lowest BCUT2D eigenvalue weighted by Crippen LogP contribution is -2.38. The van der Waals surface area contributed by atoms with E-state index in [9.17, 15) is 0 Å². The highest BCUT2D eigenvalue weighted by Crippen LogP contribution is 2.28. The Hall–Kier alpha value is -1.40. The van der Waals surface area contributed by atoms with Gasteiger partial charge in [0.1, 0.15) is 0 Å². The second kappa shape index (κ2) is 11.4. The molecule has 6 heteroatoms. The first-order valence-corrected chi connectivity index (χ1v) is 11.5. The molecule has 0 aromatic heterocycles. The van der Waals surface area contributed by atoms with E-state index in [4.69, 9.17) is 9.73 Å². The third kappa shape index (κ3) is 7.62. The summed E-state index contributed by atoms with van der Waals surface area (Å²) in [4.78, 5) is 7.19. The fourth-order valence-corrected chi connectivity index (χ4v) is 3.96. The molecule has 1 aromatic carbocycles. The standard InChI is InChI=1S/C21H34N4OS/c1-2-22-21(23-10-3-13-26-17-19-4-5-19)24-16-18-6-8-20(9-7-18)25-11-14-27-15-12-25/h6-9,19H,2-5,10-17H2,1H3,(H2,22,23,24). The van der Waals surface area contributed by atoms with Gasteiger partial charge in [-0.15, -0.1) is 0 Å². The molecule has 1 aliphatic carbocycles. The van der Waals surface area contributed by atoms with Crippen LogP contribution in [0.25, 0.3) is 0 Å². The number of benzene rings is 1. The number of guanidine groups is 1. The van der Waals surface area contributed by atoms with Crippen LogP contribution in [0, 0.1) is 5.92 Å². The number of hydrogen-bond acceptors (Lipinski definition) is 4. The summed E-state index contributed by atoms with van der Waals surface area (Å²) in [6.45, 7) is 8.64. The van der Waals surface area contributed by atoms with Gasteiger partial charge in [0, 0.05) is 56.6 Å². The van der Waals surface area contributed by atoms with Crippen LogP contribution in [0.4, 0.5) is 5.69 Å². The van der Waals surface area contributed by atoms with Gasteiger partial charge in [0.25, 0.3) is 0 Å². The lowest BCUT2D eigenvalue weighted by Gasteiger charge is -2.28. The molecular formula is C21H34N4OS. The summed E-state index contributed by atoms with van der Waals surface area (Å²) in [6.07, 6.45) is 3.72. The van der Waals surface area contributed by atoms with Gasteiger partial charge in [0.2, 0.25) is 0 Å². The highest BCUT2D eigenvalue weighted by molar-refractivity contribution is 7.99. The van der Waals surface area contributed by atoms with E-state index in [0.717, 1.165) is 57.7 Å². The van der Waals surface area contributed by atoms with Crippen molar-refractivity contribution in [2.75, 3.05) is 55.8 Å². The van der Waals surface area contributed by atoms with Gasteiger partial charge < -0.3 is 20.3 Å². The van der Waals surface area contributed by atoms with Crippen molar-refractivity contribution in [3.8, 4) is 0 Å². The van der Waals surface area contributed by atoms with Crippen molar-refractivity contribution < 1.29 is 4.74 Å². The monoisotopic (exact) mass is 390 g/mol. The summed E-state index contributed by atoms with van der Waals surface area (Å²) in [5.74, 6) is 4.19. The zero-order chi connectivity index (χ0) is 18.7. The molecule has 2 N–H and O–H groups in total. The van der Waals surface area contributed by atoms with Crippen LogP contribution >= 0.6 is 11.8 Å². The highest BCUT2D eigenvalue weighted by atomic mass is 32.2. The fraction of sp³-hybridized carbons (Fsp3) is 0.667. The maximum absolute atomic E-state index is 5.68. The van der Waals surface area contributed by atoms with Gasteiger partial charge in [0.15, 0.2) is 5.96 Å². The molecule has 0 atom stereocenters. The van der Waals surface area contributed by atoms with Crippen LogP contribution in [0.15, 0.2) is 29.3 Å². The van der Waals surface area contributed by atoms with E-state index in [2.05, 4.69) is 46.7 Å². The Balaban J connectivity index is 1.39. The summed E-state index contributed by atoms with van der Waals surface area (Å²) in [5.41, 5.74) is 2.58. The van der Waals surface area contributed by atoms with E-state index in [1.165, 1.54) is 35.6 Å². The van der Waals surface area contributed by atoms with Crippen molar-refractivity contribution in [2.45, 2.75) is 32.7 Å². The molecule has 2 aliphatic rings. The predicted octanol–water partition coefficient (Wildman–Crippen LogP) is 3.11. The Bertz CT molecular complexity index is 568. The number of aliphatic imine (C=N–C) groups is 1. The first-order valence-electron chi connectivity index (χ1n) is 10.4. The molecule has 0 bridgehead atoms. The minimum atomic E-state index is 0.698. The number of nitrogens with one attached hydrogen (secondary N) is 2. The molecule has 0 radical (unpaired) electrons. The molecule has 1 heterocycles. The van der Waals surface area contributed by atoms with Crippen LogP contribution in [-0.2, 0) is 11.3 Å². The van der Waals surface area contributed by atoms with Gasteiger partial charge in [-0.2, -0.15) is 11.8 Å². The number of nitrogens with zero attached hydrogens (tertiary/aromatic N) is 2. The zero-order valence-electron chi connectivity index (χ0n) is 16.6. The second-order valence-corrected chi connectivity index (χ2v) is 8.48.